The van der Waals surface area contributed by atoms with Crippen molar-refractivity contribution in [1.82, 2.24) is 14.8 Å². The zero-order valence-electron chi connectivity index (χ0n) is 14.8. The molecule has 1 aliphatic carbocycles. The van der Waals surface area contributed by atoms with Gasteiger partial charge in [-0.3, -0.25) is 4.68 Å². The molecule has 0 saturated carbocycles. The average Bonchev–Trinajstić information content (AvgIpc) is 3.27. The Hall–Kier alpha value is -2.18. The molecule has 1 N–H and O–H groups in total. The summed E-state index contributed by atoms with van der Waals surface area (Å²) in [5.74, 6) is 0.943. The van der Waals surface area contributed by atoms with Gasteiger partial charge in [0.25, 0.3) is 0 Å². The van der Waals surface area contributed by atoms with Crippen LogP contribution in [0.5, 0.6) is 0 Å². The van der Waals surface area contributed by atoms with Gasteiger partial charge < -0.3 is 10.1 Å². The van der Waals surface area contributed by atoms with Gasteiger partial charge in [0.2, 0.25) is 0 Å². The largest absolute Gasteiger partial charge is 0.383 e. The van der Waals surface area contributed by atoms with E-state index in [1.54, 1.807) is 18.4 Å². The van der Waals surface area contributed by atoms with Gasteiger partial charge in [-0.1, -0.05) is 18.2 Å². The summed E-state index contributed by atoms with van der Waals surface area (Å²) in [6.45, 7) is 6.40. The molecule has 6 heteroatoms. The summed E-state index contributed by atoms with van der Waals surface area (Å²) in [5, 5.41) is 9.56. The normalized spacial score (nSPS) is 14.0. The van der Waals surface area contributed by atoms with Crippen LogP contribution in [-0.2, 0) is 11.3 Å². The Morgan fingerprint density at radius 2 is 2.24 bits per heavy atom. The third kappa shape index (κ3) is 2.96. The summed E-state index contributed by atoms with van der Waals surface area (Å²) < 4.78 is 8.51. The van der Waals surface area contributed by atoms with Crippen LogP contribution in [0.3, 0.4) is 0 Å². The number of nitrogens with zero attached hydrogens (tertiary/aromatic N) is 3. The second kappa shape index (κ2) is 6.61. The van der Waals surface area contributed by atoms with Gasteiger partial charge >= 0.3 is 0 Å². The first-order valence-electron chi connectivity index (χ1n) is 8.52. The molecule has 130 valence electrons. The molecule has 0 atom stereocenters. The first kappa shape index (κ1) is 16.3. The van der Waals surface area contributed by atoms with Crippen molar-refractivity contribution in [2.75, 3.05) is 25.6 Å². The second-order valence-electron chi connectivity index (χ2n) is 6.42. The highest BCUT2D eigenvalue weighted by Crippen LogP contribution is 2.39. The lowest BCUT2D eigenvalue weighted by molar-refractivity contribution is 0.185. The number of aryl methyl sites for hydroxylation is 2. The highest BCUT2D eigenvalue weighted by atomic mass is 32.1. The molecule has 5 nitrogen and oxygen atoms in total. The molecule has 3 aromatic heterocycles. The van der Waals surface area contributed by atoms with E-state index in [9.17, 15) is 0 Å². The Labute approximate surface area is 151 Å². The van der Waals surface area contributed by atoms with Gasteiger partial charge in [-0.2, -0.15) is 5.10 Å². The standard InChI is InChI=1S/C19H22N4OS/c1-12-10-13(2)21-19-15(12)16-17(25-19)18(22-23(16)8-9-24-3)20-11-14-6-4-5-7-14/h4-6,10H,7-9,11H2,1-3H3,(H,20,22). The van der Waals surface area contributed by atoms with Crippen molar-refractivity contribution in [2.45, 2.75) is 26.8 Å². The number of pyridine rings is 1. The number of anilines is 1. The van der Waals surface area contributed by atoms with Crippen molar-refractivity contribution in [3.63, 3.8) is 0 Å². The molecule has 25 heavy (non-hydrogen) atoms. The van der Waals surface area contributed by atoms with Crippen molar-refractivity contribution in [1.29, 1.82) is 0 Å². The van der Waals surface area contributed by atoms with E-state index in [2.05, 4.69) is 41.2 Å². The monoisotopic (exact) mass is 354 g/mol. The lowest BCUT2D eigenvalue weighted by Gasteiger charge is -2.05. The topological polar surface area (TPSA) is 52.0 Å². The summed E-state index contributed by atoms with van der Waals surface area (Å²) in [4.78, 5) is 5.83. The number of hydrogen-bond donors (Lipinski definition) is 1. The molecule has 0 aliphatic heterocycles. The number of nitrogens with one attached hydrogen (secondary N) is 1. The molecule has 3 aromatic rings. The fourth-order valence-corrected chi connectivity index (χ4v) is 4.58. The molecular formula is C19H22N4OS. The van der Waals surface area contributed by atoms with Gasteiger partial charge in [0, 0.05) is 24.7 Å². The Kier molecular flexibility index (Phi) is 4.31. The SMILES string of the molecule is COCCn1nc(NCC2=CC=CC2)c2sc3nc(C)cc(C)c3c21. The molecule has 0 radical (unpaired) electrons. The number of thiophene rings is 1. The maximum absolute atomic E-state index is 5.27. The second-order valence-corrected chi connectivity index (χ2v) is 7.41. The van der Waals surface area contributed by atoms with Crippen molar-refractivity contribution in [2.24, 2.45) is 0 Å². The number of ether oxygens (including phenoxy) is 1. The Balaban J connectivity index is 1.80. The lowest BCUT2D eigenvalue weighted by atomic mass is 10.1. The summed E-state index contributed by atoms with van der Waals surface area (Å²) in [7, 11) is 1.72. The minimum Gasteiger partial charge on any atom is -0.383 e. The van der Waals surface area contributed by atoms with Crippen molar-refractivity contribution >= 4 is 37.6 Å². The van der Waals surface area contributed by atoms with Crippen LogP contribution in [0.2, 0.25) is 0 Å². The van der Waals surface area contributed by atoms with E-state index in [4.69, 9.17) is 14.8 Å². The molecule has 0 saturated heterocycles. The fraction of sp³-hybridized carbons (Fsp3) is 0.368. The van der Waals surface area contributed by atoms with Crippen LogP contribution < -0.4 is 5.32 Å². The zero-order chi connectivity index (χ0) is 17.4. The van der Waals surface area contributed by atoms with Crippen LogP contribution >= 0.6 is 11.3 Å². The summed E-state index contributed by atoms with van der Waals surface area (Å²) in [6, 6.07) is 2.14. The van der Waals surface area contributed by atoms with Crippen LogP contribution in [-0.4, -0.2) is 35.0 Å². The Bertz CT molecular complexity index is 996. The maximum Gasteiger partial charge on any atom is 0.166 e. The number of fused-ring (bicyclic) bond motifs is 3. The molecule has 1 aliphatic rings. The summed E-state index contributed by atoms with van der Waals surface area (Å²) in [5.41, 5.74) is 4.86. The average molecular weight is 354 g/mol. The third-order valence-corrected chi connectivity index (χ3v) is 5.57. The molecule has 0 bridgehead atoms. The van der Waals surface area contributed by atoms with Gasteiger partial charge in [-0.25, -0.2) is 4.98 Å². The minimum absolute atomic E-state index is 0.640. The van der Waals surface area contributed by atoms with Crippen molar-refractivity contribution < 1.29 is 4.74 Å². The fourth-order valence-electron chi connectivity index (χ4n) is 3.32. The van der Waals surface area contributed by atoms with E-state index < -0.39 is 0 Å². The maximum atomic E-state index is 5.27. The summed E-state index contributed by atoms with van der Waals surface area (Å²) in [6.07, 6.45) is 7.48. The Morgan fingerprint density at radius 1 is 1.36 bits per heavy atom. The van der Waals surface area contributed by atoms with Crippen LogP contribution in [0.15, 0.2) is 29.9 Å². The quantitative estimate of drug-likeness (QED) is 0.720. The van der Waals surface area contributed by atoms with Crippen LogP contribution in [0.1, 0.15) is 17.7 Å². The van der Waals surface area contributed by atoms with E-state index in [1.807, 2.05) is 6.92 Å². The minimum atomic E-state index is 0.640. The molecule has 4 rings (SSSR count). The molecule has 0 amide bonds. The number of hydrogen-bond acceptors (Lipinski definition) is 5. The smallest absolute Gasteiger partial charge is 0.166 e. The van der Waals surface area contributed by atoms with E-state index in [0.29, 0.717) is 6.61 Å². The molecule has 0 aromatic carbocycles. The van der Waals surface area contributed by atoms with Gasteiger partial charge in [0.05, 0.1) is 23.4 Å². The lowest BCUT2D eigenvalue weighted by Crippen LogP contribution is -2.08. The predicted octanol–water partition coefficient (Wildman–Crippen LogP) is 4.21. The molecule has 3 heterocycles. The third-order valence-electron chi connectivity index (χ3n) is 4.49. The number of methoxy groups -OCH3 is 1. The van der Waals surface area contributed by atoms with Crippen molar-refractivity contribution in [3.8, 4) is 0 Å². The van der Waals surface area contributed by atoms with Crippen LogP contribution in [0.25, 0.3) is 20.4 Å². The van der Waals surface area contributed by atoms with E-state index in [-0.39, 0.29) is 0 Å². The molecule has 0 spiro atoms. The highest BCUT2D eigenvalue weighted by Gasteiger charge is 2.19. The number of aromatic nitrogens is 3. The van der Waals surface area contributed by atoms with E-state index in [0.717, 1.165) is 35.9 Å². The van der Waals surface area contributed by atoms with Crippen molar-refractivity contribution in [3.05, 3.63) is 41.1 Å². The molecule has 0 fully saturated rings. The highest BCUT2D eigenvalue weighted by molar-refractivity contribution is 7.26. The van der Waals surface area contributed by atoms with Gasteiger partial charge in [0.15, 0.2) is 5.82 Å². The number of rotatable bonds is 6. The number of allylic oxidation sites excluding steroid dienone is 3. The summed E-state index contributed by atoms with van der Waals surface area (Å²) >= 11 is 1.72. The van der Waals surface area contributed by atoms with Gasteiger partial charge in [-0.05, 0) is 37.5 Å². The molecular weight excluding hydrogens is 332 g/mol. The van der Waals surface area contributed by atoms with Gasteiger partial charge in [-0.15, -0.1) is 11.3 Å². The van der Waals surface area contributed by atoms with Crippen LogP contribution in [0.4, 0.5) is 5.82 Å². The van der Waals surface area contributed by atoms with Crippen LogP contribution in [0, 0.1) is 13.8 Å². The van der Waals surface area contributed by atoms with E-state index in [1.165, 1.54) is 26.7 Å². The first-order valence-corrected chi connectivity index (χ1v) is 9.33. The van der Waals surface area contributed by atoms with E-state index >= 15 is 0 Å². The predicted molar refractivity (Wildman–Crippen MR) is 105 cm³/mol. The zero-order valence-corrected chi connectivity index (χ0v) is 15.6. The van der Waals surface area contributed by atoms with Gasteiger partial charge in [0.1, 0.15) is 4.83 Å². The first-order chi connectivity index (χ1) is 12.2. The Morgan fingerprint density at radius 3 is 3.00 bits per heavy atom. The molecule has 0 unspecified atom stereocenters.